The number of carbonyl (C=O) groups excluding carboxylic acids is 1. The molecule has 1 heterocycles. The first-order valence-corrected chi connectivity index (χ1v) is 5.04. The van der Waals surface area contributed by atoms with Gasteiger partial charge in [0.1, 0.15) is 6.73 Å². The van der Waals surface area contributed by atoms with E-state index in [1.807, 2.05) is 13.8 Å². The molecule has 0 aliphatic carbocycles. The smallest absolute Gasteiger partial charge is 0.231 e. The number of nitrogens with zero attached hydrogens (tertiary/aromatic N) is 1. The van der Waals surface area contributed by atoms with Crippen LogP contribution in [0.4, 0.5) is 0 Å². The standard InChI is InChI=1S/C9H16ClNO2/c1-9(2,6-10)8(12)11-4-3-5-13-7-11/h3-7H2,1-2H3. The molecule has 1 amide bonds. The number of hydrogen-bond donors (Lipinski definition) is 0. The molecular formula is C9H16ClNO2. The van der Waals surface area contributed by atoms with Crippen molar-refractivity contribution in [3.05, 3.63) is 0 Å². The van der Waals surface area contributed by atoms with Gasteiger partial charge in [-0.15, -0.1) is 11.6 Å². The molecule has 0 aromatic carbocycles. The van der Waals surface area contributed by atoms with Gasteiger partial charge in [0.05, 0.1) is 12.0 Å². The molecule has 1 aliphatic rings. The van der Waals surface area contributed by atoms with Crippen LogP contribution in [0.1, 0.15) is 20.3 Å². The largest absolute Gasteiger partial charge is 0.361 e. The van der Waals surface area contributed by atoms with Crippen molar-refractivity contribution in [2.75, 3.05) is 25.8 Å². The molecule has 3 nitrogen and oxygen atoms in total. The summed E-state index contributed by atoms with van der Waals surface area (Å²) in [6.45, 7) is 5.68. The second-order valence-corrected chi connectivity index (χ2v) is 4.24. The lowest BCUT2D eigenvalue weighted by atomic mass is 9.94. The Morgan fingerprint density at radius 3 is 2.77 bits per heavy atom. The van der Waals surface area contributed by atoms with Gasteiger partial charge in [-0.3, -0.25) is 4.79 Å². The quantitative estimate of drug-likeness (QED) is 0.639. The van der Waals surface area contributed by atoms with E-state index in [0.29, 0.717) is 12.6 Å². The fourth-order valence-electron chi connectivity index (χ4n) is 1.24. The molecule has 13 heavy (non-hydrogen) atoms. The van der Waals surface area contributed by atoms with Crippen LogP contribution >= 0.6 is 11.6 Å². The van der Waals surface area contributed by atoms with Crippen LogP contribution in [0.25, 0.3) is 0 Å². The highest BCUT2D eigenvalue weighted by Gasteiger charge is 2.31. The molecule has 0 unspecified atom stereocenters. The second kappa shape index (κ2) is 4.29. The summed E-state index contributed by atoms with van der Waals surface area (Å²) < 4.78 is 5.20. The second-order valence-electron chi connectivity index (χ2n) is 3.98. The Labute approximate surface area is 84.0 Å². The Morgan fingerprint density at radius 1 is 1.62 bits per heavy atom. The molecule has 76 valence electrons. The molecular weight excluding hydrogens is 190 g/mol. The predicted molar refractivity (Wildman–Crippen MR) is 51.7 cm³/mol. The van der Waals surface area contributed by atoms with Crippen LogP contribution in [0.15, 0.2) is 0 Å². The third-order valence-corrected chi connectivity index (χ3v) is 2.83. The zero-order valence-corrected chi connectivity index (χ0v) is 8.93. The van der Waals surface area contributed by atoms with E-state index < -0.39 is 5.41 Å². The summed E-state index contributed by atoms with van der Waals surface area (Å²) in [7, 11) is 0. The van der Waals surface area contributed by atoms with Crippen molar-refractivity contribution in [3.8, 4) is 0 Å². The Kier molecular flexibility index (Phi) is 3.56. The van der Waals surface area contributed by atoms with Crippen molar-refractivity contribution in [1.29, 1.82) is 0 Å². The SMILES string of the molecule is CC(C)(CCl)C(=O)N1CCCOC1. The molecule has 0 radical (unpaired) electrons. The zero-order chi connectivity index (χ0) is 9.90. The fourth-order valence-corrected chi connectivity index (χ4v) is 1.36. The molecule has 0 bridgehead atoms. The van der Waals surface area contributed by atoms with E-state index in [2.05, 4.69) is 0 Å². The van der Waals surface area contributed by atoms with E-state index in [1.54, 1.807) is 4.90 Å². The van der Waals surface area contributed by atoms with Crippen molar-refractivity contribution in [2.24, 2.45) is 5.41 Å². The first-order chi connectivity index (χ1) is 6.08. The van der Waals surface area contributed by atoms with Gasteiger partial charge < -0.3 is 9.64 Å². The monoisotopic (exact) mass is 205 g/mol. The van der Waals surface area contributed by atoms with Crippen molar-refractivity contribution in [1.82, 2.24) is 4.90 Å². The Bertz CT molecular complexity index is 188. The van der Waals surface area contributed by atoms with E-state index in [4.69, 9.17) is 16.3 Å². The summed E-state index contributed by atoms with van der Waals surface area (Å²) >= 11 is 5.72. The summed E-state index contributed by atoms with van der Waals surface area (Å²) in [5.41, 5.74) is -0.470. The lowest BCUT2D eigenvalue weighted by Gasteiger charge is -2.32. The minimum Gasteiger partial charge on any atom is -0.361 e. The first-order valence-electron chi connectivity index (χ1n) is 4.51. The predicted octanol–water partition coefficient (Wildman–Crippen LogP) is 1.46. The van der Waals surface area contributed by atoms with Gasteiger partial charge in [-0.05, 0) is 20.3 Å². The average molecular weight is 206 g/mol. The Balaban J connectivity index is 2.55. The van der Waals surface area contributed by atoms with Crippen molar-refractivity contribution in [2.45, 2.75) is 20.3 Å². The van der Waals surface area contributed by atoms with Crippen molar-refractivity contribution >= 4 is 17.5 Å². The van der Waals surface area contributed by atoms with E-state index in [9.17, 15) is 4.79 Å². The summed E-state index contributed by atoms with van der Waals surface area (Å²) in [5.74, 6) is 0.435. The normalized spacial score (nSPS) is 18.8. The van der Waals surface area contributed by atoms with Gasteiger partial charge in [-0.25, -0.2) is 0 Å². The van der Waals surface area contributed by atoms with E-state index in [1.165, 1.54) is 0 Å². The van der Waals surface area contributed by atoms with Gasteiger partial charge in [0.2, 0.25) is 5.91 Å². The molecule has 1 rings (SSSR count). The van der Waals surface area contributed by atoms with Gasteiger partial charge in [0, 0.05) is 12.4 Å². The summed E-state index contributed by atoms with van der Waals surface area (Å²) in [5, 5.41) is 0. The summed E-state index contributed by atoms with van der Waals surface area (Å²) in [6.07, 6.45) is 0.921. The zero-order valence-electron chi connectivity index (χ0n) is 8.18. The average Bonchev–Trinajstić information content (AvgIpc) is 2.18. The highest BCUT2D eigenvalue weighted by molar-refractivity contribution is 6.19. The Morgan fingerprint density at radius 2 is 2.31 bits per heavy atom. The molecule has 0 aromatic heterocycles. The topological polar surface area (TPSA) is 29.5 Å². The fraction of sp³-hybridized carbons (Fsp3) is 0.889. The molecule has 0 N–H and O–H groups in total. The number of amides is 1. The highest BCUT2D eigenvalue weighted by Crippen LogP contribution is 2.21. The number of carbonyl (C=O) groups is 1. The van der Waals surface area contributed by atoms with Crippen LogP contribution in [0.3, 0.4) is 0 Å². The van der Waals surface area contributed by atoms with E-state index in [0.717, 1.165) is 19.6 Å². The van der Waals surface area contributed by atoms with Gasteiger partial charge >= 0.3 is 0 Å². The maximum absolute atomic E-state index is 11.8. The number of halogens is 1. The summed E-state index contributed by atoms with van der Waals surface area (Å²) in [6, 6.07) is 0. The Hall–Kier alpha value is -0.280. The van der Waals surface area contributed by atoms with Gasteiger partial charge in [-0.1, -0.05) is 0 Å². The van der Waals surface area contributed by atoms with Crippen molar-refractivity contribution < 1.29 is 9.53 Å². The van der Waals surface area contributed by atoms with Crippen LogP contribution in [0, 0.1) is 5.41 Å². The maximum Gasteiger partial charge on any atom is 0.231 e. The number of ether oxygens (including phenoxy) is 1. The minimum atomic E-state index is -0.470. The third kappa shape index (κ3) is 2.58. The van der Waals surface area contributed by atoms with E-state index >= 15 is 0 Å². The molecule has 0 saturated carbocycles. The number of rotatable bonds is 2. The van der Waals surface area contributed by atoms with Crippen LogP contribution < -0.4 is 0 Å². The molecule has 1 fully saturated rings. The highest BCUT2D eigenvalue weighted by atomic mass is 35.5. The van der Waals surface area contributed by atoms with Gasteiger partial charge in [0.25, 0.3) is 0 Å². The van der Waals surface area contributed by atoms with Crippen LogP contribution in [0.5, 0.6) is 0 Å². The molecule has 4 heteroatoms. The maximum atomic E-state index is 11.8. The van der Waals surface area contributed by atoms with Gasteiger partial charge in [-0.2, -0.15) is 0 Å². The molecule has 1 aliphatic heterocycles. The third-order valence-electron chi connectivity index (χ3n) is 2.16. The lowest BCUT2D eigenvalue weighted by Crippen LogP contribution is -2.45. The number of hydrogen-bond acceptors (Lipinski definition) is 2. The minimum absolute atomic E-state index is 0.0854. The van der Waals surface area contributed by atoms with Crippen LogP contribution in [-0.2, 0) is 9.53 Å². The number of alkyl halides is 1. The summed E-state index contributed by atoms with van der Waals surface area (Å²) in [4.78, 5) is 13.5. The van der Waals surface area contributed by atoms with Gasteiger partial charge in [0.15, 0.2) is 0 Å². The molecule has 0 aromatic rings. The molecule has 1 saturated heterocycles. The van der Waals surface area contributed by atoms with Crippen LogP contribution in [-0.4, -0.2) is 36.6 Å². The van der Waals surface area contributed by atoms with E-state index in [-0.39, 0.29) is 5.91 Å². The lowest BCUT2D eigenvalue weighted by molar-refractivity contribution is -0.148. The molecule has 0 spiro atoms. The first kappa shape index (κ1) is 10.8. The van der Waals surface area contributed by atoms with Crippen molar-refractivity contribution in [3.63, 3.8) is 0 Å². The van der Waals surface area contributed by atoms with Crippen LogP contribution in [0.2, 0.25) is 0 Å². The molecule has 0 atom stereocenters.